The van der Waals surface area contributed by atoms with Gasteiger partial charge in [-0.3, -0.25) is 4.79 Å². The molecular weight excluding hydrogens is 382 g/mol. The molecule has 0 radical (unpaired) electrons. The number of urea groups is 1. The highest BCUT2D eigenvalue weighted by Crippen LogP contribution is 2.30. The van der Waals surface area contributed by atoms with Gasteiger partial charge >= 0.3 is 6.03 Å². The molecule has 30 heavy (non-hydrogen) atoms. The van der Waals surface area contributed by atoms with E-state index in [1.54, 1.807) is 50.6 Å². The Kier molecular flexibility index (Phi) is 9.00. The number of amides is 3. The summed E-state index contributed by atoms with van der Waals surface area (Å²) in [7, 11) is 3.17. The molecular formula is C23H31N3O4. The van der Waals surface area contributed by atoms with Crippen LogP contribution in [0.2, 0.25) is 0 Å². The minimum Gasteiger partial charge on any atom is -0.493 e. The number of nitrogens with one attached hydrogen (secondary N) is 3. The van der Waals surface area contributed by atoms with Gasteiger partial charge in [0.15, 0.2) is 11.5 Å². The molecule has 0 saturated heterocycles. The molecule has 7 heteroatoms. The van der Waals surface area contributed by atoms with E-state index < -0.39 is 0 Å². The Morgan fingerprint density at radius 3 is 2.57 bits per heavy atom. The zero-order chi connectivity index (χ0) is 21.9. The van der Waals surface area contributed by atoms with Crippen molar-refractivity contribution in [2.75, 3.05) is 26.1 Å². The SMILES string of the molecule is CNC(=O)c1cccc(CNC(=O)Nc2ccc(OC)c(OCCCC(C)C)c2)c1. The second-order valence-corrected chi connectivity index (χ2v) is 7.34. The highest BCUT2D eigenvalue weighted by atomic mass is 16.5. The maximum atomic E-state index is 12.3. The molecule has 0 fully saturated rings. The molecule has 0 bridgehead atoms. The van der Waals surface area contributed by atoms with Gasteiger partial charge in [-0.2, -0.15) is 0 Å². The lowest BCUT2D eigenvalue weighted by Crippen LogP contribution is -2.28. The molecule has 2 aromatic carbocycles. The first-order valence-corrected chi connectivity index (χ1v) is 10.1. The number of hydrogen-bond donors (Lipinski definition) is 3. The van der Waals surface area contributed by atoms with Crippen LogP contribution in [0.15, 0.2) is 42.5 Å². The van der Waals surface area contributed by atoms with E-state index in [1.165, 1.54) is 0 Å². The molecule has 162 valence electrons. The van der Waals surface area contributed by atoms with E-state index in [4.69, 9.17) is 9.47 Å². The number of carbonyl (C=O) groups is 2. The summed E-state index contributed by atoms with van der Waals surface area (Å²) in [5.74, 6) is 1.68. The van der Waals surface area contributed by atoms with Crippen LogP contribution in [0.5, 0.6) is 11.5 Å². The molecule has 0 aliphatic rings. The second-order valence-electron chi connectivity index (χ2n) is 7.34. The summed E-state index contributed by atoms with van der Waals surface area (Å²) in [6.45, 7) is 5.24. The number of hydrogen-bond acceptors (Lipinski definition) is 4. The highest BCUT2D eigenvalue weighted by molar-refractivity contribution is 5.94. The van der Waals surface area contributed by atoms with Crippen molar-refractivity contribution in [2.24, 2.45) is 5.92 Å². The molecule has 0 aromatic heterocycles. The molecule has 0 unspecified atom stereocenters. The monoisotopic (exact) mass is 413 g/mol. The van der Waals surface area contributed by atoms with Crippen molar-refractivity contribution in [3.05, 3.63) is 53.6 Å². The average Bonchev–Trinajstić information content (AvgIpc) is 2.75. The predicted molar refractivity (Wildman–Crippen MR) is 118 cm³/mol. The third kappa shape index (κ3) is 7.31. The average molecular weight is 414 g/mol. The Balaban J connectivity index is 1.93. The highest BCUT2D eigenvalue weighted by Gasteiger charge is 2.09. The van der Waals surface area contributed by atoms with Gasteiger partial charge in [0.2, 0.25) is 0 Å². The van der Waals surface area contributed by atoms with Gasteiger partial charge in [0.25, 0.3) is 5.91 Å². The van der Waals surface area contributed by atoms with Gasteiger partial charge in [-0.15, -0.1) is 0 Å². The first kappa shape index (κ1) is 23.1. The Morgan fingerprint density at radius 1 is 1.07 bits per heavy atom. The zero-order valence-electron chi connectivity index (χ0n) is 18.1. The maximum Gasteiger partial charge on any atom is 0.319 e. The number of ether oxygens (including phenoxy) is 2. The summed E-state index contributed by atoms with van der Waals surface area (Å²) in [6, 6.07) is 12.0. The summed E-state index contributed by atoms with van der Waals surface area (Å²) < 4.78 is 11.2. The first-order chi connectivity index (χ1) is 14.4. The van der Waals surface area contributed by atoms with Crippen molar-refractivity contribution >= 4 is 17.6 Å². The van der Waals surface area contributed by atoms with Crippen LogP contribution in [0, 0.1) is 5.92 Å². The lowest BCUT2D eigenvalue weighted by molar-refractivity contribution is 0.0963. The van der Waals surface area contributed by atoms with E-state index in [9.17, 15) is 9.59 Å². The topological polar surface area (TPSA) is 88.7 Å². The van der Waals surface area contributed by atoms with E-state index in [1.807, 2.05) is 6.07 Å². The van der Waals surface area contributed by atoms with E-state index in [-0.39, 0.29) is 11.9 Å². The number of rotatable bonds is 10. The summed E-state index contributed by atoms with van der Waals surface area (Å²) in [6.07, 6.45) is 2.04. The van der Waals surface area contributed by atoms with Crippen molar-refractivity contribution in [3.8, 4) is 11.5 Å². The summed E-state index contributed by atoms with van der Waals surface area (Å²) in [5, 5.41) is 8.17. The fourth-order valence-corrected chi connectivity index (χ4v) is 2.87. The van der Waals surface area contributed by atoms with Crippen LogP contribution < -0.4 is 25.4 Å². The van der Waals surface area contributed by atoms with E-state index in [0.717, 1.165) is 18.4 Å². The van der Waals surface area contributed by atoms with Gasteiger partial charge in [0, 0.05) is 30.9 Å². The van der Waals surface area contributed by atoms with Crippen LogP contribution in [-0.2, 0) is 6.54 Å². The van der Waals surface area contributed by atoms with Gasteiger partial charge in [-0.05, 0) is 48.6 Å². The first-order valence-electron chi connectivity index (χ1n) is 10.1. The van der Waals surface area contributed by atoms with Gasteiger partial charge in [-0.25, -0.2) is 4.79 Å². The molecule has 2 rings (SSSR count). The molecule has 7 nitrogen and oxygen atoms in total. The van der Waals surface area contributed by atoms with Crippen LogP contribution >= 0.6 is 0 Å². The van der Waals surface area contributed by atoms with Crippen molar-refractivity contribution in [1.29, 1.82) is 0 Å². The minimum absolute atomic E-state index is 0.166. The molecule has 2 aromatic rings. The van der Waals surface area contributed by atoms with Crippen molar-refractivity contribution in [3.63, 3.8) is 0 Å². The second kappa shape index (κ2) is 11.7. The van der Waals surface area contributed by atoms with Crippen LogP contribution in [0.4, 0.5) is 10.5 Å². The van der Waals surface area contributed by atoms with Crippen LogP contribution in [0.25, 0.3) is 0 Å². The maximum absolute atomic E-state index is 12.3. The number of anilines is 1. The van der Waals surface area contributed by atoms with Crippen LogP contribution in [0.1, 0.15) is 42.6 Å². The van der Waals surface area contributed by atoms with Crippen LogP contribution in [0.3, 0.4) is 0 Å². The Morgan fingerprint density at radius 2 is 1.87 bits per heavy atom. The lowest BCUT2D eigenvalue weighted by Gasteiger charge is -2.14. The van der Waals surface area contributed by atoms with E-state index in [0.29, 0.717) is 41.8 Å². The third-order valence-electron chi connectivity index (χ3n) is 4.47. The molecule has 0 spiro atoms. The number of benzene rings is 2. The lowest BCUT2D eigenvalue weighted by atomic mass is 10.1. The number of methoxy groups -OCH3 is 1. The molecule has 0 aliphatic heterocycles. The van der Waals surface area contributed by atoms with Gasteiger partial charge < -0.3 is 25.4 Å². The number of carbonyl (C=O) groups excluding carboxylic acids is 2. The summed E-state index contributed by atoms with van der Waals surface area (Å²) in [4.78, 5) is 24.0. The molecule has 0 atom stereocenters. The quantitative estimate of drug-likeness (QED) is 0.510. The smallest absolute Gasteiger partial charge is 0.319 e. The van der Waals surface area contributed by atoms with Gasteiger partial charge in [0.1, 0.15) is 0 Å². The van der Waals surface area contributed by atoms with E-state index >= 15 is 0 Å². The molecule has 0 heterocycles. The normalized spacial score (nSPS) is 10.4. The fraction of sp³-hybridized carbons (Fsp3) is 0.391. The Hall–Kier alpha value is -3.22. The molecule has 0 aliphatic carbocycles. The molecule has 0 saturated carbocycles. The molecule has 3 amide bonds. The Labute approximate surface area is 178 Å². The van der Waals surface area contributed by atoms with Crippen LogP contribution in [-0.4, -0.2) is 32.7 Å². The standard InChI is InChI=1S/C23H31N3O4/c1-16(2)7-6-12-30-21-14-19(10-11-20(21)29-4)26-23(28)25-15-17-8-5-9-18(13-17)22(27)24-3/h5,8-11,13-14,16H,6-7,12,15H2,1-4H3,(H,24,27)(H2,25,26,28). The minimum atomic E-state index is -0.351. The zero-order valence-corrected chi connectivity index (χ0v) is 18.1. The largest absolute Gasteiger partial charge is 0.493 e. The van der Waals surface area contributed by atoms with Gasteiger partial charge in [-0.1, -0.05) is 26.0 Å². The van der Waals surface area contributed by atoms with E-state index in [2.05, 4.69) is 29.8 Å². The summed E-state index contributed by atoms with van der Waals surface area (Å²) >= 11 is 0. The fourth-order valence-electron chi connectivity index (χ4n) is 2.87. The Bertz CT molecular complexity index is 852. The third-order valence-corrected chi connectivity index (χ3v) is 4.47. The van der Waals surface area contributed by atoms with Gasteiger partial charge in [0.05, 0.1) is 13.7 Å². The molecule has 3 N–H and O–H groups in total. The van der Waals surface area contributed by atoms with Crippen molar-refractivity contribution in [1.82, 2.24) is 10.6 Å². The summed E-state index contributed by atoms with van der Waals surface area (Å²) in [5.41, 5.74) is 1.98. The predicted octanol–water partition coefficient (Wildman–Crippen LogP) is 4.19. The van der Waals surface area contributed by atoms with Crippen molar-refractivity contribution < 1.29 is 19.1 Å². The van der Waals surface area contributed by atoms with Crippen molar-refractivity contribution in [2.45, 2.75) is 33.2 Å².